The molecule has 1 heterocycles. The first-order valence-electron chi connectivity index (χ1n) is 4.57. The molecule has 0 unspecified atom stereocenters. The van der Waals surface area contributed by atoms with E-state index in [1.165, 1.54) is 6.07 Å². The molecule has 0 bridgehead atoms. The van der Waals surface area contributed by atoms with E-state index in [1.807, 2.05) is 6.07 Å². The second-order valence-corrected chi connectivity index (χ2v) is 3.42. The molecule has 76 valence electrons. The fraction of sp³-hybridized carbons (Fsp3) is 0.0833. The van der Waals surface area contributed by atoms with Crippen LogP contribution in [0.1, 0.15) is 5.69 Å². The van der Waals surface area contributed by atoms with Crippen molar-refractivity contribution < 1.29 is 4.39 Å². The van der Waals surface area contributed by atoms with Crippen LogP contribution in [0.4, 0.5) is 4.39 Å². The maximum atomic E-state index is 13.4. The summed E-state index contributed by atoms with van der Waals surface area (Å²) in [5, 5.41) is 0. The minimum absolute atomic E-state index is 0.238. The number of benzene rings is 1. The summed E-state index contributed by atoms with van der Waals surface area (Å²) in [5.41, 5.74) is 2.12. The monoisotopic (exact) mass is 221 g/mol. The number of alkyl halides is 1. The molecule has 0 saturated heterocycles. The van der Waals surface area contributed by atoms with E-state index in [-0.39, 0.29) is 5.82 Å². The molecule has 2 aromatic rings. The fourth-order valence-electron chi connectivity index (χ4n) is 1.36. The zero-order chi connectivity index (χ0) is 10.7. The largest absolute Gasteiger partial charge is 0.259 e. The molecule has 3 heteroatoms. The average Bonchev–Trinajstić information content (AvgIpc) is 2.30. The van der Waals surface area contributed by atoms with Crippen molar-refractivity contribution in [3.8, 4) is 11.1 Å². The topological polar surface area (TPSA) is 12.9 Å². The van der Waals surface area contributed by atoms with Crippen molar-refractivity contribution >= 4 is 11.6 Å². The molecule has 1 aromatic heterocycles. The highest BCUT2D eigenvalue weighted by Crippen LogP contribution is 2.21. The second kappa shape index (κ2) is 4.41. The van der Waals surface area contributed by atoms with E-state index >= 15 is 0 Å². The Bertz CT molecular complexity index is 453. The van der Waals surface area contributed by atoms with Crippen LogP contribution >= 0.6 is 11.6 Å². The summed E-state index contributed by atoms with van der Waals surface area (Å²) < 4.78 is 13.4. The van der Waals surface area contributed by atoms with Gasteiger partial charge in [-0.3, -0.25) is 4.98 Å². The minimum Gasteiger partial charge on any atom is -0.259 e. The summed E-state index contributed by atoms with van der Waals surface area (Å²) >= 11 is 5.62. The molecule has 1 aromatic carbocycles. The summed E-state index contributed by atoms with van der Waals surface area (Å²) in [4.78, 5) is 4.12. The number of pyridine rings is 1. The van der Waals surface area contributed by atoms with Gasteiger partial charge in [-0.25, -0.2) is 4.39 Å². The maximum Gasteiger partial charge on any atom is 0.131 e. The van der Waals surface area contributed by atoms with Gasteiger partial charge in [-0.2, -0.15) is 0 Å². The van der Waals surface area contributed by atoms with Crippen LogP contribution in [0.15, 0.2) is 42.6 Å². The maximum absolute atomic E-state index is 13.4. The van der Waals surface area contributed by atoms with Crippen molar-refractivity contribution in [1.29, 1.82) is 0 Å². The standard InChI is InChI=1S/C12H9ClFN/c13-7-10-6-5-9(8-15-10)11-3-1-2-4-12(11)14/h1-6,8H,7H2. The average molecular weight is 222 g/mol. The predicted octanol–water partition coefficient (Wildman–Crippen LogP) is 3.63. The van der Waals surface area contributed by atoms with Gasteiger partial charge in [0.1, 0.15) is 5.82 Å². The zero-order valence-electron chi connectivity index (χ0n) is 7.95. The molecule has 0 N–H and O–H groups in total. The molecule has 0 saturated carbocycles. The van der Waals surface area contributed by atoms with E-state index in [9.17, 15) is 4.39 Å². The zero-order valence-corrected chi connectivity index (χ0v) is 8.71. The Balaban J connectivity index is 2.42. The molecule has 2 rings (SSSR count). The van der Waals surface area contributed by atoms with E-state index in [4.69, 9.17) is 11.6 Å². The fourth-order valence-corrected chi connectivity index (χ4v) is 1.52. The van der Waals surface area contributed by atoms with Crippen molar-refractivity contribution in [2.24, 2.45) is 0 Å². The van der Waals surface area contributed by atoms with Crippen LogP contribution in [-0.4, -0.2) is 4.98 Å². The van der Waals surface area contributed by atoms with E-state index in [0.29, 0.717) is 11.4 Å². The van der Waals surface area contributed by atoms with E-state index < -0.39 is 0 Å². The van der Waals surface area contributed by atoms with Gasteiger partial charge in [-0.15, -0.1) is 11.6 Å². The molecule has 0 aliphatic carbocycles. The molecule has 0 amide bonds. The van der Waals surface area contributed by atoms with Crippen LogP contribution in [0.5, 0.6) is 0 Å². The van der Waals surface area contributed by atoms with Gasteiger partial charge >= 0.3 is 0 Å². The Hall–Kier alpha value is -1.41. The van der Waals surface area contributed by atoms with Crippen molar-refractivity contribution in [3.63, 3.8) is 0 Å². The van der Waals surface area contributed by atoms with Crippen LogP contribution in [0, 0.1) is 5.82 Å². The third kappa shape index (κ3) is 2.16. The third-order valence-electron chi connectivity index (χ3n) is 2.15. The second-order valence-electron chi connectivity index (χ2n) is 3.15. The number of hydrogen-bond acceptors (Lipinski definition) is 1. The Labute approximate surface area is 92.5 Å². The lowest BCUT2D eigenvalue weighted by Gasteiger charge is -2.02. The molecule has 0 aliphatic rings. The highest BCUT2D eigenvalue weighted by molar-refractivity contribution is 6.16. The van der Waals surface area contributed by atoms with Crippen molar-refractivity contribution in [3.05, 3.63) is 54.1 Å². The number of hydrogen-bond donors (Lipinski definition) is 0. The molecule has 15 heavy (non-hydrogen) atoms. The summed E-state index contributed by atoms with van der Waals surface area (Å²) in [6.45, 7) is 0. The van der Waals surface area contributed by atoms with Crippen molar-refractivity contribution in [1.82, 2.24) is 4.98 Å². The first-order valence-corrected chi connectivity index (χ1v) is 5.10. The van der Waals surface area contributed by atoms with E-state index in [1.54, 1.807) is 30.5 Å². The minimum atomic E-state index is -0.238. The van der Waals surface area contributed by atoms with Crippen LogP contribution in [0.2, 0.25) is 0 Å². The third-order valence-corrected chi connectivity index (χ3v) is 2.42. The Morgan fingerprint density at radius 2 is 1.93 bits per heavy atom. The quantitative estimate of drug-likeness (QED) is 0.706. The molecule has 1 nitrogen and oxygen atoms in total. The molecule has 0 atom stereocenters. The van der Waals surface area contributed by atoms with Gasteiger partial charge in [0, 0.05) is 17.3 Å². The smallest absolute Gasteiger partial charge is 0.131 e. The lowest BCUT2D eigenvalue weighted by Crippen LogP contribution is -1.88. The van der Waals surface area contributed by atoms with Gasteiger partial charge in [0.05, 0.1) is 11.6 Å². The van der Waals surface area contributed by atoms with Gasteiger partial charge in [-0.1, -0.05) is 24.3 Å². The van der Waals surface area contributed by atoms with Gasteiger partial charge in [-0.05, 0) is 12.1 Å². The predicted molar refractivity (Wildman–Crippen MR) is 59.2 cm³/mol. The molecule has 0 aliphatic heterocycles. The number of halogens is 2. The highest BCUT2D eigenvalue weighted by atomic mass is 35.5. The molecule has 0 spiro atoms. The number of aromatic nitrogens is 1. The number of rotatable bonds is 2. The van der Waals surface area contributed by atoms with Gasteiger partial charge in [0.2, 0.25) is 0 Å². The first-order chi connectivity index (χ1) is 7.31. The van der Waals surface area contributed by atoms with Gasteiger partial charge in [0.25, 0.3) is 0 Å². The first kappa shape index (κ1) is 10.1. The summed E-state index contributed by atoms with van der Waals surface area (Å²) in [5.74, 6) is 0.135. The Kier molecular flexibility index (Phi) is 2.97. The van der Waals surface area contributed by atoms with Crippen LogP contribution < -0.4 is 0 Å². The highest BCUT2D eigenvalue weighted by Gasteiger charge is 2.03. The lowest BCUT2D eigenvalue weighted by atomic mass is 10.1. The van der Waals surface area contributed by atoms with Gasteiger partial charge < -0.3 is 0 Å². The molecule has 0 fully saturated rings. The van der Waals surface area contributed by atoms with E-state index in [0.717, 1.165) is 11.3 Å². The Morgan fingerprint density at radius 3 is 2.53 bits per heavy atom. The normalized spacial score (nSPS) is 10.3. The summed E-state index contributed by atoms with van der Waals surface area (Å²) in [6.07, 6.45) is 1.64. The van der Waals surface area contributed by atoms with Crippen molar-refractivity contribution in [2.75, 3.05) is 0 Å². The SMILES string of the molecule is Fc1ccccc1-c1ccc(CCl)nc1. The summed E-state index contributed by atoms with van der Waals surface area (Å²) in [7, 11) is 0. The summed E-state index contributed by atoms with van der Waals surface area (Å²) in [6, 6.07) is 10.3. The lowest BCUT2D eigenvalue weighted by molar-refractivity contribution is 0.631. The molecule has 0 radical (unpaired) electrons. The van der Waals surface area contributed by atoms with Crippen LogP contribution in [-0.2, 0) is 5.88 Å². The van der Waals surface area contributed by atoms with Gasteiger partial charge in [0.15, 0.2) is 0 Å². The Morgan fingerprint density at radius 1 is 1.13 bits per heavy atom. The number of nitrogens with zero attached hydrogens (tertiary/aromatic N) is 1. The van der Waals surface area contributed by atoms with Crippen LogP contribution in [0.3, 0.4) is 0 Å². The molecular formula is C12H9ClFN. The van der Waals surface area contributed by atoms with Crippen LogP contribution in [0.25, 0.3) is 11.1 Å². The van der Waals surface area contributed by atoms with Crippen molar-refractivity contribution in [2.45, 2.75) is 5.88 Å². The van der Waals surface area contributed by atoms with E-state index in [2.05, 4.69) is 4.98 Å². The molecular weight excluding hydrogens is 213 g/mol.